The van der Waals surface area contributed by atoms with Crippen molar-refractivity contribution in [2.24, 2.45) is 0 Å². The number of esters is 1. The van der Waals surface area contributed by atoms with Crippen molar-refractivity contribution >= 4 is 17.6 Å². The van der Waals surface area contributed by atoms with Crippen LogP contribution in [-0.2, 0) is 9.53 Å². The van der Waals surface area contributed by atoms with Crippen molar-refractivity contribution in [3.05, 3.63) is 63.8 Å². The first-order chi connectivity index (χ1) is 14.7. The molecule has 1 unspecified atom stereocenters. The highest BCUT2D eigenvalue weighted by molar-refractivity contribution is 6.32. The number of aryl methyl sites for hydroxylation is 1. The zero-order chi connectivity index (χ0) is 22.7. The van der Waals surface area contributed by atoms with E-state index in [4.69, 9.17) is 21.1 Å². The molecular weight excluding hydrogens is 436 g/mol. The molecule has 0 saturated carbocycles. The summed E-state index contributed by atoms with van der Waals surface area (Å²) in [4.78, 5) is 23.7. The number of rotatable bonds is 7. The summed E-state index contributed by atoms with van der Waals surface area (Å²) in [5, 5.41) is 4.11. The van der Waals surface area contributed by atoms with E-state index in [0.29, 0.717) is 11.5 Å². The van der Waals surface area contributed by atoms with Crippen molar-refractivity contribution in [2.75, 3.05) is 7.11 Å². The highest BCUT2D eigenvalue weighted by atomic mass is 35.5. The molecule has 2 aromatic carbocycles. The minimum Gasteiger partial charge on any atom is -0.479 e. The second kappa shape index (κ2) is 9.17. The van der Waals surface area contributed by atoms with E-state index in [-0.39, 0.29) is 26.9 Å². The zero-order valence-corrected chi connectivity index (χ0v) is 17.5. The van der Waals surface area contributed by atoms with E-state index in [1.54, 1.807) is 31.2 Å². The van der Waals surface area contributed by atoms with Crippen molar-refractivity contribution < 1.29 is 27.8 Å². The number of nitrogens with zero attached hydrogens (tertiary/aromatic N) is 3. The molecule has 31 heavy (non-hydrogen) atoms. The van der Waals surface area contributed by atoms with Gasteiger partial charge in [0.1, 0.15) is 23.1 Å². The Kier molecular flexibility index (Phi) is 6.59. The lowest BCUT2D eigenvalue weighted by Crippen LogP contribution is -2.24. The molecule has 0 N–H and O–H groups in total. The van der Waals surface area contributed by atoms with Gasteiger partial charge in [0.15, 0.2) is 6.10 Å². The molecule has 1 atom stereocenters. The highest BCUT2D eigenvalue weighted by Crippen LogP contribution is 2.32. The van der Waals surface area contributed by atoms with Crippen molar-refractivity contribution in [1.82, 2.24) is 14.3 Å². The smallest absolute Gasteiger partial charge is 0.355 e. The second-order valence-electron chi connectivity index (χ2n) is 6.36. The van der Waals surface area contributed by atoms with Crippen LogP contribution in [0, 0.1) is 6.92 Å². The zero-order valence-electron chi connectivity index (χ0n) is 16.7. The van der Waals surface area contributed by atoms with Gasteiger partial charge in [0.25, 0.3) is 0 Å². The van der Waals surface area contributed by atoms with Gasteiger partial charge in [-0.3, -0.25) is 0 Å². The first kappa shape index (κ1) is 22.3. The number of carbonyl (C=O) groups excluding carboxylic acids is 1. The number of carbonyl (C=O) groups is 1. The van der Waals surface area contributed by atoms with Crippen LogP contribution in [0.25, 0.3) is 5.69 Å². The predicted octanol–water partition coefficient (Wildman–Crippen LogP) is 4.12. The lowest BCUT2D eigenvalue weighted by atomic mass is 10.3. The molecule has 0 bridgehead atoms. The van der Waals surface area contributed by atoms with Crippen molar-refractivity contribution in [1.29, 1.82) is 0 Å². The molecule has 0 radical (unpaired) electrons. The molecule has 1 heterocycles. The third-order valence-corrected chi connectivity index (χ3v) is 4.54. The van der Waals surface area contributed by atoms with Crippen molar-refractivity contribution in [3.8, 4) is 22.9 Å². The fraction of sp³-hybridized carbons (Fsp3) is 0.250. The van der Waals surface area contributed by atoms with Gasteiger partial charge in [0.2, 0.25) is 0 Å². The van der Waals surface area contributed by atoms with Crippen LogP contribution in [0.1, 0.15) is 19.3 Å². The molecule has 0 aliphatic carbocycles. The summed E-state index contributed by atoms with van der Waals surface area (Å²) in [6.45, 7) is -0.144. The maximum Gasteiger partial charge on any atom is 0.355 e. The fourth-order valence-corrected chi connectivity index (χ4v) is 2.86. The Morgan fingerprint density at radius 3 is 2.35 bits per heavy atom. The summed E-state index contributed by atoms with van der Waals surface area (Å²) in [6, 6.07) is 10.7. The van der Waals surface area contributed by atoms with E-state index in [2.05, 4.69) is 9.84 Å². The average Bonchev–Trinajstić information content (AvgIpc) is 3.04. The summed E-state index contributed by atoms with van der Waals surface area (Å²) < 4.78 is 43.0. The summed E-state index contributed by atoms with van der Waals surface area (Å²) in [7, 11) is 1.27. The van der Waals surface area contributed by atoms with Gasteiger partial charge in [-0.15, -0.1) is 0 Å². The van der Waals surface area contributed by atoms with Crippen LogP contribution in [0.3, 0.4) is 0 Å². The second-order valence-corrected chi connectivity index (χ2v) is 6.77. The number of aromatic nitrogens is 3. The van der Waals surface area contributed by atoms with E-state index >= 15 is 0 Å². The minimum atomic E-state index is -3.01. The van der Waals surface area contributed by atoms with Gasteiger partial charge in [0.05, 0.1) is 17.8 Å². The summed E-state index contributed by atoms with van der Waals surface area (Å²) in [6.07, 6.45) is -0.780. The molecule has 0 aliphatic rings. The lowest BCUT2D eigenvalue weighted by molar-refractivity contribution is -0.147. The molecule has 1 aromatic heterocycles. The summed E-state index contributed by atoms with van der Waals surface area (Å²) in [5.74, 6) is 0.355. The molecule has 0 spiro atoms. The van der Waals surface area contributed by atoms with Gasteiger partial charge in [-0.05, 0) is 50.2 Å². The Hall–Kier alpha value is -3.40. The first-order valence-electron chi connectivity index (χ1n) is 9.00. The molecule has 0 aliphatic heterocycles. The average molecular weight is 454 g/mol. The van der Waals surface area contributed by atoms with Crippen molar-refractivity contribution in [3.63, 3.8) is 0 Å². The fourth-order valence-electron chi connectivity index (χ4n) is 2.70. The Balaban J connectivity index is 1.83. The van der Waals surface area contributed by atoms with Gasteiger partial charge >= 0.3 is 18.2 Å². The third kappa shape index (κ3) is 4.85. The quantitative estimate of drug-likeness (QED) is 0.500. The Bertz CT molecular complexity index is 1140. The van der Waals surface area contributed by atoms with Crippen LogP contribution in [0.4, 0.5) is 8.78 Å². The largest absolute Gasteiger partial charge is 0.479 e. The predicted molar refractivity (Wildman–Crippen MR) is 107 cm³/mol. The minimum absolute atomic E-state index is 0.130. The molecule has 11 heteroatoms. The number of hydrogen-bond acceptors (Lipinski definition) is 6. The van der Waals surface area contributed by atoms with E-state index in [1.165, 1.54) is 32.2 Å². The van der Waals surface area contributed by atoms with E-state index in [0.717, 1.165) is 4.68 Å². The number of ether oxygens (including phenoxy) is 3. The Labute approximate surface area is 180 Å². The van der Waals surface area contributed by atoms with Crippen molar-refractivity contribution in [2.45, 2.75) is 26.5 Å². The number of benzene rings is 2. The highest BCUT2D eigenvalue weighted by Gasteiger charge is 2.19. The lowest BCUT2D eigenvalue weighted by Gasteiger charge is -2.13. The molecule has 3 rings (SSSR count). The number of halogens is 3. The van der Waals surface area contributed by atoms with Crippen LogP contribution in [0.2, 0.25) is 5.02 Å². The van der Waals surface area contributed by atoms with E-state index < -0.39 is 24.3 Å². The number of alkyl halides is 2. The van der Waals surface area contributed by atoms with Gasteiger partial charge < -0.3 is 14.2 Å². The maximum atomic E-state index is 13.1. The van der Waals surface area contributed by atoms with Gasteiger partial charge in [-0.2, -0.15) is 18.6 Å². The Morgan fingerprint density at radius 2 is 1.77 bits per heavy atom. The van der Waals surface area contributed by atoms with Gasteiger partial charge in [0, 0.05) is 6.07 Å². The summed E-state index contributed by atoms with van der Waals surface area (Å²) >= 11 is 6.18. The number of hydrogen-bond donors (Lipinski definition) is 0. The first-order valence-corrected chi connectivity index (χ1v) is 9.37. The normalized spacial score (nSPS) is 12.0. The van der Waals surface area contributed by atoms with Gasteiger partial charge in [-0.1, -0.05) is 11.6 Å². The molecule has 0 amide bonds. The maximum absolute atomic E-state index is 13.1. The summed E-state index contributed by atoms with van der Waals surface area (Å²) in [5.41, 5.74) is -0.777. The Morgan fingerprint density at radius 1 is 1.13 bits per heavy atom. The van der Waals surface area contributed by atoms with E-state index in [1.807, 2.05) is 0 Å². The van der Waals surface area contributed by atoms with Gasteiger partial charge in [-0.25, -0.2) is 14.2 Å². The van der Waals surface area contributed by atoms with E-state index in [9.17, 15) is 18.4 Å². The molecule has 8 nitrogen and oxygen atoms in total. The third-order valence-electron chi connectivity index (χ3n) is 4.23. The molecular formula is C20H18ClF2N3O5. The molecule has 0 saturated heterocycles. The molecule has 164 valence electrons. The van der Waals surface area contributed by atoms with Crippen LogP contribution < -0.4 is 15.2 Å². The standard InChI is InChI=1S/C20H18ClF2N3O5/c1-11(18(27)29-3)30-14-5-7-15(8-6-14)31-17-10-13(4-9-16(17)21)26-20(28)25(19(22)23)12(2)24-26/h4-11,19H,1-3H3. The molecule has 0 fully saturated rings. The van der Waals surface area contributed by atoms with Crippen LogP contribution in [0.5, 0.6) is 17.2 Å². The van der Waals surface area contributed by atoms with Crippen LogP contribution in [0.15, 0.2) is 47.3 Å². The SMILES string of the molecule is COC(=O)C(C)Oc1ccc(Oc2cc(-n3nc(C)n(C(F)F)c3=O)ccc2Cl)cc1. The topological polar surface area (TPSA) is 84.6 Å². The number of methoxy groups -OCH3 is 1. The van der Waals surface area contributed by atoms with Crippen LogP contribution in [-0.4, -0.2) is 33.5 Å². The van der Waals surface area contributed by atoms with Crippen LogP contribution >= 0.6 is 11.6 Å². The molecule has 3 aromatic rings. The monoisotopic (exact) mass is 453 g/mol.